The van der Waals surface area contributed by atoms with E-state index in [1.165, 1.54) is 0 Å². The van der Waals surface area contributed by atoms with Gasteiger partial charge in [-0.3, -0.25) is 9.47 Å². The maximum atomic E-state index is 14.8. The number of unbranched alkanes of at least 4 members (excludes halogenated alkanes) is 8. The molecule has 24 heteroatoms. The van der Waals surface area contributed by atoms with Crippen LogP contribution in [0.3, 0.4) is 0 Å². The lowest BCUT2D eigenvalue weighted by Crippen LogP contribution is -2.26. The van der Waals surface area contributed by atoms with Crippen LogP contribution in [-0.4, -0.2) is 19.5 Å². The molecule has 2 aliphatic carbocycles. The number of hydrogen-bond acceptors (Lipinski definition) is 2. The lowest BCUT2D eigenvalue weighted by Gasteiger charge is -2.40. The molecule has 0 saturated heterocycles. The summed E-state index contributed by atoms with van der Waals surface area (Å²) in [5.41, 5.74) is -2.54. The highest BCUT2D eigenvalue weighted by molar-refractivity contribution is 8.46. The first-order valence-electron chi connectivity index (χ1n) is 22.1. The molecular weight excluding hydrogens is 1020 g/mol. The summed E-state index contributed by atoms with van der Waals surface area (Å²) in [6.45, 7) is -0.489. The molecule has 0 atom stereocenters. The average molecular weight is 1070 g/mol. The van der Waals surface area contributed by atoms with Gasteiger partial charge in [-0.1, -0.05) is 88.8 Å². The summed E-state index contributed by atoms with van der Waals surface area (Å²) in [4.78, 5) is -6.86. The van der Waals surface area contributed by atoms with Gasteiger partial charge >= 0.3 is 26.7 Å². The molecule has 2 aliphatic rings. The molecule has 0 unspecified atom stereocenters. The maximum absolute atomic E-state index is 14.8. The van der Waals surface area contributed by atoms with Gasteiger partial charge in [-0.25, -0.2) is 35.1 Å². The molecule has 2 aromatic carbocycles. The number of ether oxygens (including phenoxy) is 2. The maximum Gasteiger partial charge on any atom is 0.485 e. The molecule has 2 nitrogen and oxygen atoms in total. The van der Waals surface area contributed by atoms with Gasteiger partial charge in [0, 0.05) is 23.0 Å². The van der Waals surface area contributed by atoms with Crippen molar-refractivity contribution in [3.63, 3.8) is 0 Å². The van der Waals surface area contributed by atoms with Crippen LogP contribution in [0.4, 0.5) is 82.8 Å². The second kappa shape index (κ2) is 21.4. The Kier molecular flexibility index (Phi) is 18.0. The molecule has 2 saturated carbocycles. The fraction of sp³-hybridized carbons (Fsp3) is 0.556. The minimum Gasteiger partial charge on any atom is -0.296 e. The van der Waals surface area contributed by atoms with Gasteiger partial charge in [-0.05, 0) is 126 Å². The first-order valence-corrected chi connectivity index (χ1v) is 26.0. The van der Waals surface area contributed by atoms with Crippen LogP contribution < -0.4 is 0 Å². The predicted octanol–water partition coefficient (Wildman–Crippen LogP) is 20.7. The quantitative estimate of drug-likeness (QED) is 0.0451. The van der Waals surface area contributed by atoms with E-state index in [2.05, 4.69) is 9.47 Å². The third-order valence-corrected chi connectivity index (χ3v) is 14.2. The van der Waals surface area contributed by atoms with Crippen LogP contribution in [0.1, 0.15) is 127 Å². The van der Waals surface area contributed by atoms with Crippen molar-refractivity contribution in [2.45, 2.75) is 132 Å². The van der Waals surface area contributed by atoms with Gasteiger partial charge < -0.3 is 0 Å². The Hall–Kier alpha value is -3.38. The minimum atomic E-state index is -10.8. The Bertz CT molecular complexity index is 2010. The molecule has 0 aromatic heterocycles. The van der Waals surface area contributed by atoms with Gasteiger partial charge in [0.2, 0.25) is 0 Å². The summed E-state index contributed by atoms with van der Waals surface area (Å²) in [7, 11) is -21.6. The molecular formula is C45H52F20O2S2. The molecule has 0 bridgehead atoms. The highest BCUT2D eigenvalue weighted by Gasteiger charge is 2.70. The number of halogens is 20. The minimum absolute atomic E-state index is 0.00717. The van der Waals surface area contributed by atoms with Crippen LogP contribution in [-0.2, 0) is 9.47 Å². The molecule has 2 fully saturated rings. The number of hydrogen-bond donors (Lipinski definition) is 0. The Morgan fingerprint density at radius 3 is 1.04 bits per heavy atom. The van der Waals surface area contributed by atoms with E-state index in [9.17, 15) is 82.8 Å². The number of alkyl halides is 2. The van der Waals surface area contributed by atoms with Crippen molar-refractivity contribution >= 4 is 32.1 Å². The van der Waals surface area contributed by atoms with Gasteiger partial charge in [0.25, 0.3) is 0 Å². The third kappa shape index (κ3) is 18.0. The molecule has 0 radical (unpaired) electrons. The van der Waals surface area contributed by atoms with E-state index in [4.69, 9.17) is 0 Å². The Morgan fingerprint density at radius 1 is 0.464 bits per heavy atom. The largest absolute Gasteiger partial charge is 0.485 e. The van der Waals surface area contributed by atoms with Crippen molar-refractivity contribution in [3.05, 3.63) is 94.6 Å². The predicted molar refractivity (Wildman–Crippen MR) is 226 cm³/mol. The summed E-state index contributed by atoms with van der Waals surface area (Å²) in [5.74, 6) is -19.7. The van der Waals surface area contributed by atoms with E-state index in [0.717, 1.165) is 12.8 Å². The lowest BCUT2D eigenvalue weighted by atomic mass is 9.80. The SMILES string of the molecule is F/C(=C(/F)C1CCC(/C=C/CCCCCCOC(F)(F)OCCCCCC/C=C/C2CCC(/C(F)=C(\F)c3cc(F)c(S(F)(F)(F)(F)F)c(F)c3)CC2)CC1)c1cc(F)c(S(F)(F)(F)(F)F)c(F)c1. The van der Waals surface area contributed by atoms with E-state index in [-0.39, 0.29) is 75.0 Å². The zero-order valence-corrected chi connectivity index (χ0v) is 38.4. The Labute approximate surface area is 386 Å². The monoisotopic (exact) mass is 1070 g/mol. The first-order chi connectivity index (χ1) is 31.6. The number of allylic oxidation sites excluding steroid dienone is 6. The number of benzene rings is 2. The molecule has 0 amide bonds. The number of rotatable bonds is 24. The van der Waals surface area contributed by atoms with E-state index in [1.807, 2.05) is 24.3 Å². The normalized spacial score (nSPS) is 22.8. The summed E-state index contributed by atoms with van der Waals surface area (Å²) in [5, 5.41) is 0. The van der Waals surface area contributed by atoms with Crippen molar-refractivity contribution in [1.82, 2.24) is 0 Å². The summed E-state index contributed by atoms with van der Waals surface area (Å²) in [6.07, 6.45) is 11.8. The molecule has 0 spiro atoms. The van der Waals surface area contributed by atoms with Crippen molar-refractivity contribution in [2.24, 2.45) is 23.7 Å². The van der Waals surface area contributed by atoms with Crippen LogP contribution in [0, 0.1) is 46.9 Å². The Morgan fingerprint density at radius 2 is 0.754 bits per heavy atom. The van der Waals surface area contributed by atoms with E-state index in [0.29, 0.717) is 77.0 Å². The smallest absolute Gasteiger partial charge is 0.296 e. The fourth-order valence-electron chi connectivity index (χ4n) is 8.31. The topological polar surface area (TPSA) is 18.5 Å². The Balaban J connectivity index is 1.01. The van der Waals surface area contributed by atoms with Crippen molar-refractivity contribution < 1.29 is 92.2 Å². The van der Waals surface area contributed by atoms with Crippen LogP contribution in [0.5, 0.6) is 0 Å². The molecule has 2 aromatic rings. The first kappa shape index (κ1) is 58.2. The molecule has 0 aliphatic heterocycles. The summed E-state index contributed by atoms with van der Waals surface area (Å²) in [6, 6.07) is -1.27. The van der Waals surface area contributed by atoms with Crippen LogP contribution in [0.25, 0.3) is 11.7 Å². The van der Waals surface area contributed by atoms with Crippen LogP contribution in [0.15, 0.2) is 70.0 Å². The highest BCUT2D eigenvalue weighted by Crippen LogP contribution is 3.03. The lowest BCUT2D eigenvalue weighted by molar-refractivity contribution is -0.392. The second-order valence-corrected chi connectivity index (χ2v) is 22.1. The van der Waals surface area contributed by atoms with E-state index < -0.39 is 106 Å². The third-order valence-electron chi connectivity index (χ3n) is 11.8. The van der Waals surface area contributed by atoms with Gasteiger partial charge in [0.1, 0.15) is 34.9 Å². The second-order valence-electron chi connectivity index (χ2n) is 17.4. The van der Waals surface area contributed by atoms with Crippen LogP contribution >= 0.6 is 20.4 Å². The molecule has 69 heavy (non-hydrogen) atoms. The fourth-order valence-corrected chi connectivity index (χ4v) is 10.0. The van der Waals surface area contributed by atoms with Gasteiger partial charge in [-0.15, -0.1) is 8.78 Å². The molecule has 4 rings (SSSR count). The zero-order chi connectivity index (χ0) is 51.8. The molecule has 0 heterocycles. The average Bonchev–Trinajstić information content (AvgIpc) is 3.22. The molecule has 396 valence electrons. The zero-order valence-electron chi connectivity index (χ0n) is 36.8. The van der Waals surface area contributed by atoms with Crippen molar-refractivity contribution in [3.8, 4) is 0 Å². The van der Waals surface area contributed by atoms with Crippen molar-refractivity contribution in [1.29, 1.82) is 0 Å². The summed E-state index contributed by atoms with van der Waals surface area (Å²) >= 11 is 0. The highest BCUT2D eigenvalue weighted by atomic mass is 32.5. The van der Waals surface area contributed by atoms with Crippen LogP contribution in [0.2, 0.25) is 0 Å². The standard InChI is InChI=1S/C45H52F20O2S2/c46-35-25-33(26-36(47)43(35)68(56,57,58,59)60)41(52)39(50)31-19-15-29(16-20-31)13-9-5-1-3-7-11-23-66-45(54,55)67-24-12-8-4-2-6-10-14-30-17-21-32(22-18-30)40(51)42(53)34-27-37(48)44(38(49)28-34)69(61,62,63,64)65/h9-10,13-14,25-32H,1-8,11-12,15-24H2/b13-9+,14-10+,41-39+,42-40+. The van der Waals surface area contributed by atoms with Gasteiger partial charge in [0.15, 0.2) is 21.4 Å². The van der Waals surface area contributed by atoms with E-state index >= 15 is 0 Å². The van der Waals surface area contributed by atoms with Gasteiger partial charge in [-0.2, -0.15) is 0 Å². The molecule has 0 N–H and O–H groups in total. The summed E-state index contributed by atoms with van der Waals surface area (Å²) < 4.78 is 281. The van der Waals surface area contributed by atoms with Gasteiger partial charge in [0.05, 0.1) is 13.2 Å². The van der Waals surface area contributed by atoms with E-state index in [1.54, 1.807) is 0 Å². The van der Waals surface area contributed by atoms with Crippen molar-refractivity contribution in [2.75, 3.05) is 13.2 Å².